The predicted octanol–water partition coefficient (Wildman–Crippen LogP) is 2.68. The maximum absolute atomic E-state index is 5.74. The summed E-state index contributed by atoms with van der Waals surface area (Å²) >= 11 is 1.53. The predicted molar refractivity (Wildman–Crippen MR) is 77.4 cm³/mol. The topological polar surface area (TPSA) is 70.3 Å². The molecule has 1 aliphatic rings. The van der Waals surface area contributed by atoms with Crippen LogP contribution in [0.3, 0.4) is 0 Å². The molecule has 5 nitrogen and oxygen atoms in total. The van der Waals surface area contributed by atoms with Gasteiger partial charge in [-0.25, -0.2) is 9.97 Å². The van der Waals surface area contributed by atoms with Crippen molar-refractivity contribution in [2.24, 2.45) is 0 Å². The zero-order valence-corrected chi connectivity index (χ0v) is 11.9. The van der Waals surface area contributed by atoms with E-state index in [1.54, 1.807) is 6.07 Å². The maximum Gasteiger partial charge on any atom is 0.162 e. The number of rotatable bonds is 2. The summed E-state index contributed by atoms with van der Waals surface area (Å²) in [4.78, 5) is 9.46. The molecule has 0 spiro atoms. The summed E-state index contributed by atoms with van der Waals surface area (Å²) in [5, 5.41) is 0.824. The van der Waals surface area contributed by atoms with E-state index in [0.29, 0.717) is 24.9 Å². The van der Waals surface area contributed by atoms with Crippen LogP contribution in [0.25, 0.3) is 0 Å². The fraction of sp³-hybridized carbons (Fsp3) is 0.286. The number of hydrogen-bond acceptors (Lipinski definition) is 6. The third kappa shape index (κ3) is 2.96. The van der Waals surface area contributed by atoms with Gasteiger partial charge in [0, 0.05) is 17.4 Å². The van der Waals surface area contributed by atoms with Crippen LogP contribution in [-0.2, 0) is 0 Å². The molecule has 0 bridgehead atoms. The molecule has 0 radical (unpaired) electrons. The zero-order chi connectivity index (χ0) is 13.9. The Kier molecular flexibility index (Phi) is 3.64. The number of nitrogens with zero attached hydrogens (tertiary/aromatic N) is 2. The highest BCUT2D eigenvalue weighted by Crippen LogP contribution is 2.36. The molecule has 0 amide bonds. The number of aromatic nitrogens is 2. The van der Waals surface area contributed by atoms with Crippen molar-refractivity contribution in [3.63, 3.8) is 0 Å². The van der Waals surface area contributed by atoms with E-state index in [-0.39, 0.29) is 0 Å². The first-order valence-corrected chi connectivity index (χ1v) is 7.21. The fourth-order valence-electron chi connectivity index (χ4n) is 1.94. The molecule has 1 aliphatic heterocycles. The van der Waals surface area contributed by atoms with Gasteiger partial charge in [-0.1, -0.05) is 11.8 Å². The molecule has 104 valence electrons. The van der Waals surface area contributed by atoms with Crippen LogP contribution in [0.1, 0.15) is 12.2 Å². The monoisotopic (exact) mass is 289 g/mol. The van der Waals surface area contributed by atoms with Crippen molar-refractivity contribution in [2.45, 2.75) is 23.3 Å². The molecule has 20 heavy (non-hydrogen) atoms. The van der Waals surface area contributed by atoms with Gasteiger partial charge in [-0.2, -0.15) is 0 Å². The van der Waals surface area contributed by atoms with Crippen molar-refractivity contribution in [2.75, 3.05) is 18.9 Å². The van der Waals surface area contributed by atoms with E-state index >= 15 is 0 Å². The summed E-state index contributed by atoms with van der Waals surface area (Å²) in [5.74, 6) is 2.73. The molecule has 2 N–H and O–H groups in total. The Morgan fingerprint density at radius 1 is 1.10 bits per heavy atom. The molecule has 0 saturated heterocycles. The van der Waals surface area contributed by atoms with Gasteiger partial charge in [0.05, 0.1) is 13.2 Å². The first kappa shape index (κ1) is 13.1. The molecule has 1 aromatic carbocycles. The number of benzene rings is 1. The third-order valence-electron chi connectivity index (χ3n) is 2.78. The Balaban J connectivity index is 1.85. The van der Waals surface area contributed by atoms with Crippen LogP contribution in [0, 0.1) is 6.92 Å². The number of ether oxygens (including phenoxy) is 2. The van der Waals surface area contributed by atoms with Crippen LogP contribution in [0.5, 0.6) is 11.5 Å². The molecule has 0 unspecified atom stereocenters. The quantitative estimate of drug-likeness (QED) is 0.857. The minimum atomic E-state index is 0.481. The van der Waals surface area contributed by atoms with Crippen LogP contribution in [0.15, 0.2) is 34.2 Å². The smallest absolute Gasteiger partial charge is 0.162 e. The Morgan fingerprint density at radius 3 is 2.70 bits per heavy atom. The van der Waals surface area contributed by atoms with Gasteiger partial charge in [0.1, 0.15) is 16.7 Å². The van der Waals surface area contributed by atoms with Crippen molar-refractivity contribution in [3.8, 4) is 11.5 Å². The van der Waals surface area contributed by atoms with Crippen LogP contribution in [0.2, 0.25) is 0 Å². The van der Waals surface area contributed by atoms with Crippen molar-refractivity contribution in [1.82, 2.24) is 9.97 Å². The molecule has 1 aromatic heterocycles. The fourth-order valence-corrected chi connectivity index (χ4v) is 2.84. The molecule has 6 heteroatoms. The van der Waals surface area contributed by atoms with Crippen molar-refractivity contribution < 1.29 is 9.47 Å². The van der Waals surface area contributed by atoms with Gasteiger partial charge >= 0.3 is 0 Å². The number of hydrogen-bond donors (Lipinski definition) is 1. The normalized spacial score (nSPS) is 13.8. The lowest BCUT2D eigenvalue weighted by molar-refractivity contribution is 0.297. The van der Waals surface area contributed by atoms with Crippen molar-refractivity contribution in [3.05, 3.63) is 30.1 Å². The lowest BCUT2D eigenvalue weighted by Gasteiger charge is -2.09. The first-order valence-electron chi connectivity index (χ1n) is 6.39. The van der Waals surface area contributed by atoms with Crippen LogP contribution in [0.4, 0.5) is 5.82 Å². The average Bonchev–Trinajstić information content (AvgIpc) is 2.62. The molecular formula is C14H15N3O2S. The van der Waals surface area contributed by atoms with E-state index in [0.717, 1.165) is 27.8 Å². The number of nitrogen functional groups attached to an aromatic ring is 1. The highest BCUT2D eigenvalue weighted by atomic mass is 32.2. The SMILES string of the molecule is Cc1nc(N)cc(Sc2ccc3c(c2)OCCCO3)n1. The van der Waals surface area contributed by atoms with E-state index in [1.807, 2.05) is 25.1 Å². The van der Waals surface area contributed by atoms with Crippen LogP contribution >= 0.6 is 11.8 Å². The van der Waals surface area contributed by atoms with Crippen LogP contribution < -0.4 is 15.2 Å². The Labute approximate surface area is 121 Å². The van der Waals surface area contributed by atoms with Crippen molar-refractivity contribution in [1.29, 1.82) is 0 Å². The second kappa shape index (κ2) is 5.58. The Hall–Kier alpha value is -1.95. The van der Waals surface area contributed by atoms with Gasteiger partial charge < -0.3 is 15.2 Å². The largest absolute Gasteiger partial charge is 0.490 e. The summed E-state index contributed by atoms with van der Waals surface area (Å²) in [6.07, 6.45) is 0.902. The Bertz CT molecular complexity index is 614. The van der Waals surface area contributed by atoms with Crippen molar-refractivity contribution >= 4 is 17.6 Å². The van der Waals surface area contributed by atoms with E-state index in [2.05, 4.69) is 9.97 Å². The molecule has 0 aliphatic carbocycles. The summed E-state index contributed by atoms with van der Waals surface area (Å²) in [5.41, 5.74) is 5.74. The van der Waals surface area contributed by atoms with Gasteiger partial charge in [-0.15, -0.1) is 0 Å². The summed E-state index contributed by atoms with van der Waals surface area (Å²) < 4.78 is 11.3. The highest BCUT2D eigenvalue weighted by Gasteiger charge is 2.11. The minimum absolute atomic E-state index is 0.481. The standard InChI is InChI=1S/C14H15N3O2S/c1-9-16-13(15)8-14(17-9)20-10-3-4-11-12(7-10)19-6-2-5-18-11/h3-4,7-8H,2,5-6H2,1H3,(H2,15,16,17). The molecule has 0 saturated carbocycles. The molecule has 0 atom stereocenters. The van der Waals surface area contributed by atoms with Gasteiger partial charge in [-0.05, 0) is 25.1 Å². The van der Waals surface area contributed by atoms with E-state index in [4.69, 9.17) is 15.2 Å². The average molecular weight is 289 g/mol. The second-order valence-electron chi connectivity index (χ2n) is 4.44. The van der Waals surface area contributed by atoms with Gasteiger partial charge in [0.15, 0.2) is 11.5 Å². The lowest BCUT2D eigenvalue weighted by atomic mass is 10.3. The molecule has 2 aromatic rings. The summed E-state index contributed by atoms with van der Waals surface area (Å²) in [6.45, 7) is 3.20. The molecule has 2 heterocycles. The molecule has 0 fully saturated rings. The second-order valence-corrected chi connectivity index (χ2v) is 5.53. The molecular weight excluding hydrogens is 274 g/mol. The third-order valence-corrected chi connectivity index (χ3v) is 3.68. The highest BCUT2D eigenvalue weighted by molar-refractivity contribution is 7.99. The van der Waals surface area contributed by atoms with Crippen LogP contribution in [-0.4, -0.2) is 23.2 Å². The van der Waals surface area contributed by atoms with Gasteiger partial charge in [0.2, 0.25) is 0 Å². The zero-order valence-electron chi connectivity index (χ0n) is 11.1. The lowest BCUT2D eigenvalue weighted by Crippen LogP contribution is -1.97. The van der Waals surface area contributed by atoms with E-state index < -0.39 is 0 Å². The summed E-state index contributed by atoms with van der Waals surface area (Å²) in [6, 6.07) is 7.66. The Morgan fingerprint density at radius 2 is 1.90 bits per heavy atom. The van der Waals surface area contributed by atoms with E-state index in [9.17, 15) is 0 Å². The van der Waals surface area contributed by atoms with Gasteiger partial charge in [-0.3, -0.25) is 0 Å². The maximum atomic E-state index is 5.74. The van der Waals surface area contributed by atoms with Gasteiger partial charge in [0.25, 0.3) is 0 Å². The number of nitrogens with two attached hydrogens (primary N) is 1. The number of aryl methyl sites for hydroxylation is 1. The number of anilines is 1. The number of fused-ring (bicyclic) bond motifs is 1. The molecule has 3 rings (SSSR count). The van der Waals surface area contributed by atoms with E-state index in [1.165, 1.54) is 11.8 Å². The minimum Gasteiger partial charge on any atom is -0.490 e. The summed E-state index contributed by atoms with van der Waals surface area (Å²) in [7, 11) is 0. The first-order chi connectivity index (χ1) is 9.70.